The second kappa shape index (κ2) is 12.3. The first kappa shape index (κ1) is 29.1. The van der Waals surface area contributed by atoms with Crippen LogP contribution in [0.4, 0.5) is 5.69 Å². The number of likely N-dealkylation sites (tertiary alicyclic amines) is 1. The number of amides is 3. The van der Waals surface area contributed by atoms with Crippen molar-refractivity contribution in [3.8, 4) is 0 Å². The van der Waals surface area contributed by atoms with Crippen LogP contribution < -0.4 is 10.2 Å². The molecule has 2 aliphatic rings. The zero-order valence-corrected chi connectivity index (χ0v) is 24.8. The molecule has 0 saturated carbocycles. The Hall–Kier alpha value is -4.99. The van der Waals surface area contributed by atoms with Crippen molar-refractivity contribution in [1.82, 2.24) is 25.3 Å². The van der Waals surface area contributed by atoms with E-state index in [0.717, 1.165) is 27.7 Å². The number of hydrogen-bond acceptors (Lipinski definition) is 6. The van der Waals surface area contributed by atoms with Gasteiger partial charge in [-0.3, -0.25) is 24.3 Å². The summed E-state index contributed by atoms with van der Waals surface area (Å²) in [4.78, 5) is 58.0. The minimum Gasteiger partial charge on any atom is -0.359 e. The number of nitrogens with zero attached hydrogens (tertiary/aromatic N) is 4. The van der Waals surface area contributed by atoms with Crippen LogP contribution in [0.5, 0.6) is 0 Å². The molecular weight excluding hydrogens is 556 g/mol. The zero-order valence-electron chi connectivity index (χ0n) is 24.8. The van der Waals surface area contributed by atoms with Gasteiger partial charge in [-0.1, -0.05) is 42.5 Å². The van der Waals surface area contributed by atoms with Crippen LogP contribution in [0.3, 0.4) is 0 Å². The van der Waals surface area contributed by atoms with E-state index in [0.29, 0.717) is 57.4 Å². The first-order valence-corrected chi connectivity index (χ1v) is 15.0. The molecule has 2 N–H and O–H groups in total. The predicted octanol–water partition coefficient (Wildman–Crippen LogP) is 3.33. The summed E-state index contributed by atoms with van der Waals surface area (Å²) in [5.41, 5.74) is 3.46. The molecule has 0 radical (unpaired) electrons. The summed E-state index contributed by atoms with van der Waals surface area (Å²) < 4.78 is 0. The van der Waals surface area contributed by atoms with E-state index < -0.39 is 5.54 Å². The Labute approximate surface area is 256 Å². The van der Waals surface area contributed by atoms with Gasteiger partial charge in [0, 0.05) is 43.2 Å². The van der Waals surface area contributed by atoms with Gasteiger partial charge in [-0.25, -0.2) is 0 Å². The molecule has 0 atom stereocenters. The molecule has 6 rings (SSSR count). The maximum atomic E-state index is 14.1. The maximum absolute atomic E-state index is 14.1. The third-order valence-corrected chi connectivity index (χ3v) is 8.84. The monoisotopic (exact) mass is 592 g/mol. The number of aromatic amines is 1. The largest absolute Gasteiger partial charge is 0.359 e. The van der Waals surface area contributed by atoms with E-state index >= 15 is 0 Å². The number of hydrogen-bond donors (Lipinski definition) is 2. The lowest BCUT2D eigenvalue weighted by molar-refractivity contribution is -0.136. The highest BCUT2D eigenvalue weighted by Crippen LogP contribution is 2.39. The van der Waals surface area contributed by atoms with E-state index in [1.807, 2.05) is 71.6 Å². The van der Waals surface area contributed by atoms with Gasteiger partial charge in [-0.15, -0.1) is 0 Å². The molecule has 3 heterocycles. The van der Waals surface area contributed by atoms with Gasteiger partial charge >= 0.3 is 0 Å². The second-order valence-corrected chi connectivity index (χ2v) is 11.6. The van der Waals surface area contributed by atoms with Crippen LogP contribution in [0.15, 0.2) is 79.0 Å². The molecule has 1 spiro atoms. The van der Waals surface area contributed by atoms with Crippen molar-refractivity contribution in [2.24, 2.45) is 0 Å². The number of rotatable bonds is 9. The Kier molecular flexibility index (Phi) is 8.15. The van der Waals surface area contributed by atoms with Crippen LogP contribution in [0.2, 0.25) is 0 Å². The molecule has 4 aromatic rings. The molecule has 2 fully saturated rings. The number of H-pyrrole nitrogens is 1. The molecule has 10 heteroatoms. The maximum Gasteiger partial charge on any atom is 0.253 e. The van der Waals surface area contributed by atoms with Crippen molar-refractivity contribution in [1.29, 1.82) is 0 Å². The Bertz CT molecular complexity index is 1690. The average Bonchev–Trinajstić information content (AvgIpc) is 3.63. The van der Waals surface area contributed by atoms with Gasteiger partial charge in [0.25, 0.3) is 5.91 Å². The van der Waals surface area contributed by atoms with Crippen molar-refractivity contribution in [2.75, 3.05) is 38.3 Å². The summed E-state index contributed by atoms with van der Waals surface area (Å²) in [5.74, 6) is -0.198. The molecule has 1 aromatic heterocycles. The summed E-state index contributed by atoms with van der Waals surface area (Å²) >= 11 is 0. The van der Waals surface area contributed by atoms with E-state index in [2.05, 4.69) is 20.4 Å². The van der Waals surface area contributed by atoms with Gasteiger partial charge in [-0.2, -0.15) is 5.10 Å². The van der Waals surface area contributed by atoms with E-state index in [1.165, 1.54) is 0 Å². The molecule has 2 aliphatic heterocycles. The third kappa shape index (κ3) is 5.79. The van der Waals surface area contributed by atoms with Crippen molar-refractivity contribution in [2.45, 2.75) is 37.6 Å². The van der Waals surface area contributed by atoms with Gasteiger partial charge in [0.1, 0.15) is 5.54 Å². The molecule has 3 amide bonds. The number of benzene rings is 3. The predicted molar refractivity (Wildman–Crippen MR) is 167 cm³/mol. The molecule has 226 valence electrons. The number of likely N-dealkylation sites (N-methyl/N-ethyl adjacent to an activating group) is 1. The van der Waals surface area contributed by atoms with Crippen molar-refractivity contribution in [3.63, 3.8) is 0 Å². The molecule has 3 aromatic carbocycles. The second-order valence-electron chi connectivity index (χ2n) is 11.6. The lowest BCUT2D eigenvalue weighted by Crippen LogP contribution is -2.57. The number of para-hydroxylation sites is 1. The minimum atomic E-state index is -0.818. The Morgan fingerprint density at radius 1 is 0.955 bits per heavy atom. The van der Waals surface area contributed by atoms with Crippen LogP contribution in [-0.2, 0) is 27.2 Å². The molecule has 44 heavy (non-hydrogen) atoms. The summed E-state index contributed by atoms with van der Waals surface area (Å²) in [6.45, 7) is 1.23. The SMILES string of the molecule is CNC(=O)Cc1cccc(CCC(=O)CN2CN(c3ccccc3)C3(CCN(C(=O)c4ccc5[nH]ncc5c4)CC3)C2=O)c1. The highest BCUT2D eigenvalue weighted by molar-refractivity contribution is 5.99. The summed E-state index contributed by atoms with van der Waals surface area (Å²) in [7, 11) is 1.61. The van der Waals surface area contributed by atoms with E-state index in [9.17, 15) is 19.2 Å². The third-order valence-electron chi connectivity index (χ3n) is 8.84. The quantitative estimate of drug-likeness (QED) is 0.308. The zero-order chi connectivity index (χ0) is 30.7. The van der Waals surface area contributed by atoms with Crippen LogP contribution >= 0.6 is 0 Å². The molecule has 0 unspecified atom stereocenters. The average molecular weight is 593 g/mol. The Morgan fingerprint density at radius 3 is 2.50 bits per heavy atom. The van der Waals surface area contributed by atoms with Gasteiger partial charge in [0.2, 0.25) is 11.8 Å². The topological polar surface area (TPSA) is 119 Å². The van der Waals surface area contributed by atoms with Gasteiger partial charge in [0.05, 0.1) is 31.3 Å². The lowest BCUT2D eigenvalue weighted by atomic mass is 9.85. The number of ketones is 1. The number of piperidine rings is 1. The van der Waals surface area contributed by atoms with Gasteiger partial charge < -0.3 is 20.0 Å². The Balaban J connectivity index is 1.13. The first-order valence-electron chi connectivity index (χ1n) is 15.0. The van der Waals surface area contributed by atoms with Gasteiger partial charge in [0.15, 0.2) is 5.78 Å². The Morgan fingerprint density at radius 2 is 1.73 bits per heavy atom. The summed E-state index contributed by atoms with van der Waals surface area (Å²) in [6, 6.07) is 23.0. The number of aryl methyl sites for hydroxylation is 1. The van der Waals surface area contributed by atoms with Crippen molar-refractivity contribution >= 4 is 40.1 Å². The molecule has 10 nitrogen and oxygen atoms in total. The first-order chi connectivity index (χ1) is 21.4. The van der Waals surface area contributed by atoms with E-state index in [4.69, 9.17) is 0 Å². The fourth-order valence-electron chi connectivity index (χ4n) is 6.41. The van der Waals surface area contributed by atoms with Crippen LogP contribution in [-0.4, -0.2) is 82.4 Å². The van der Waals surface area contributed by atoms with E-state index in [1.54, 1.807) is 24.2 Å². The van der Waals surface area contributed by atoms with Crippen LogP contribution in [0, 0.1) is 0 Å². The highest BCUT2D eigenvalue weighted by atomic mass is 16.2. The van der Waals surface area contributed by atoms with Gasteiger partial charge in [-0.05, 0) is 60.7 Å². The highest BCUT2D eigenvalue weighted by Gasteiger charge is 2.54. The number of aromatic nitrogens is 2. The number of Topliss-reactive ketones (excluding diaryl/α,β-unsaturated/α-hetero) is 1. The number of carbonyl (C=O) groups excluding carboxylic acids is 4. The fraction of sp³-hybridized carbons (Fsp3) is 0.324. The lowest BCUT2D eigenvalue weighted by Gasteiger charge is -2.43. The van der Waals surface area contributed by atoms with Crippen LogP contribution in [0.1, 0.15) is 40.7 Å². The number of nitrogens with one attached hydrogen (secondary N) is 2. The van der Waals surface area contributed by atoms with Crippen LogP contribution in [0.25, 0.3) is 10.9 Å². The minimum absolute atomic E-state index is 0.0117. The molecule has 0 bridgehead atoms. The van der Waals surface area contributed by atoms with E-state index in [-0.39, 0.29) is 30.0 Å². The number of carbonyl (C=O) groups is 4. The fourth-order valence-corrected chi connectivity index (χ4v) is 6.41. The molecule has 0 aliphatic carbocycles. The summed E-state index contributed by atoms with van der Waals surface area (Å²) in [5, 5.41) is 10.5. The van der Waals surface area contributed by atoms with Crippen molar-refractivity contribution < 1.29 is 19.2 Å². The summed E-state index contributed by atoms with van der Waals surface area (Å²) in [6.07, 6.45) is 3.78. The van der Waals surface area contributed by atoms with Crippen molar-refractivity contribution in [3.05, 3.63) is 95.7 Å². The normalized spacial score (nSPS) is 16.1. The number of anilines is 1. The molecule has 2 saturated heterocycles. The number of fused-ring (bicyclic) bond motifs is 1. The smallest absolute Gasteiger partial charge is 0.253 e. The standard InChI is InChI=1S/C34H36N6O4/c1-35-31(42)19-25-7-5-6-24(18-25)10-12-29(41)22-39-23-40(28-8-3-2-4-9-28)34(33(39)44)14-16-38(17-15-34)32(43)26-11-13-30-27(20-26)21-36-37-30/h2-9,11,13,18,20-21H,10,12,14-17,19,22-23H2,1H3,(H,35,42)(H,36,37). The molecular formula is C34H36N6O4.